The molecule has 27 heavy (non-hydrogen) atoms. The van der Waals surface area contributed by atoms with Crippen LogP contribution in [0.1, 0.15) is 34.0 Å². The first-order valence-corrected chi connectivity index (χ1v) is 8.97. The molecule has 0 saturated heterocycles. The average Bonchev–Trinajstić information content (AvgIpc) is 2.64. The highest BCUT2D eigenvalue weighted by atomic mass is 35.5. The van der Waals surface area contributed by atoms with Gasteiger partial charge in [-0.1, -0.05) is 23.7 Å². The third-order valence-electron chi connectivity index (χ3n) is 4.46. The zero-order valence-electron chi connectivity index (χ0n) is 15.4. The highest BCUT2D eigenvalue weighted by Gasteiger charge is 2.19. The molecular weight excluding hydrogens is 366 g/mol. The van der Waals surface area contributed by atoms with Gasteiger partial charge >= 0.3 is 5.97 Å². The lowest BCUT2D eigenvalue weighted by Gasteiger charge is -2.13. The van der Waals surface area contributed by atoms with Crippen molar-refractivity contribution < 1.29 is 14.3 Å². The van der Waals surface area contributed by atoms with Crippen molar-refractivity contribution in [1.29, 1.82) is 0 Å². The van der Waals surface area contributed by atoms with E-state index in [1.807, 2.05) is 30.3 Å². The molecule has 3 aromatic rings. The Morgan fingerprint density at radius 2 is 1.89 bits per heavy atom. The van der Waals surface area contributed by atoms with Crippen molar-refractivity contribution in [1.82, 2.24) is 4.98 Å². The molecule has 0 fully saturated rings. The van der Waals surface area contributed by atoms with Gasteiger partial charge in [-0.2, -0.15) is 0 Å². The van der Waals surface area contributed by atoms with E-state index in [0.29, 0.717) is 22.5 Å². The van der Waals surface area contributed by atoms with Crippen LogP contribution in [0.25, 0.3) is 10.9 Å². The lowest BCUT2D eigenvalue weighted by Crippen LogP contribution is -2.22. The maximum atomic E-state index is 12.5. The van der Waals surface area contributed by atoms with Crippen LogP contribution in [-0.4, -0.2) is 24.7 Å². The van der Waals surface area contributed by atoms with Gasteiger partial charge in [-0.15, -0.1) is 0 Å². The molecule has 1 aromatic heterocycles. The van der Waals surface area contributed by atoms with Gasteiger partial charge in [0.1, 0.15) is 11.3 Å². The maximum absolute atomic E-state index is 12.5. The van der Waals surface area contributed by atoms with Crippen LogP contribution in [0.3, 0.4) is 0 Å². The molecule has 1 N–H and O–H groups in total. The Balaban J connectivity index is 2.13. The molecule has 0 aliphatic heterocycles. The van der Waals surface area contributed by atoms with Crippen molar-refractivity contribution in [3.8, 4) is 5.75 Å². The fraction of sp³-hybridized carbons (Fsp3) is 0.238. The van der Waals surface area contributed by atoms with Crippen LogP contribution in [0.2, 0.25) is 5.02 Å². The second-order valence-electron chi connectivity index (χ2n) is 6.19. The molecule has 140 valence electrons. The second-order valence-corrected chi connectivity index (χ2v) is 6.62. The Kier molecular flexibility index (Phi) is 5.51. The van der Waals surface area contributed by atoms with Crippen LogP contribution >= 0.6 is 11.6 Å². The Bertz CT molecular complexity index is 1050. The van der Waals surface area contributed by atoms with E-state index in [-0.39, 0.29) is 12.2 Å². The number of aryl methyl sites for hydroxylation is 1. The van der Waals surface area contributed by atoms with Crippen LogP contribution in [-0.2, 0) is 11.2 Å². The van der Waals surface area contributed by atoms with E-state index in [9.17, 15) is 9.59 Å². The number of esters is 1. The lowest BCUT2D eigenvalue weighted by atomic mass is 9.98. The second kappa shape index (κ2) is 7.84. The normalized spacial score (nSPS) is 10.8. The summed E-state index contributed by atoms with van der Waals surface area (Å²) >= 11 is 6.31. The molecule has 6 heteroatoms. The number of ether oxygens (including phenoxy) is 2. The van der Waals surface area contributed by atoms with E-state index in [0.717, 1.165) is 22.3 Å². The number of halogens is 1. The van der Waals surface area contributed by atoms with E-state index in [2.05, 4.69) is 4.98 Å². The molecule has 0 saturated carbocycles. The molecule has 0 radical (unpaired) electrons. The first-order chi connectivity index (χ1) is 12.9. The van der Waals surface area contributed by atoms with Gasteiger partial charge in [-0.3, -0.25) is 4.79 Å². The van der Waals surface area contributed by atoms with E-state index in [1.54, 1.807) is 27.0 Å². The number of aromatic amines is 1. The van der Waals surface area contributed by atoms with E-state index in [1.165, 1.54) is 0 Å². The highest BCUT2D eigenvalue weighted by molar-refractivity contribution is 6.31. The average molecular weight is 386 g/mol. The Morgan fingerprint density at radius 3 is 2.52 bits per heavy atom. The van der Waals surface area contributed by atoms with E-state index in [4.69, 9.17) is 21.1 Å². The molecule has 0 aliphatic rings. The number of pyridine rings is 1. The number of rotatable bonds is 5. The van der Waals surface area contributed by atoms with Crippen LogP contribution in [0, 0.1) is 6.92 Å². The molecule has 2 aromatic carbocycles. The summed E-state index contributed by atoms with van der Waals surface area (Å²) in [5.41, 5.74) is 2.71. The number of carbonyl (C=O) groups excluding carboxylic acids is 1. The predicted octanol–water partition coefficient (Wildman–Crippen LogP) is 4.27. The summed E-state index contributed by atoms with van der Waals surface area (Å²) in [5, 5.41) is 1.27. The van der Waals surface area contributed by atoms with Gasteiger partial charge in [-0.05, 0) is 61.2 Å². The topological polar surface area (TPSA) is 68.4 Å². The first kappa shape index (κ1) is 19.0. The quantitative estimate of drug-likeness (QED) is 0.666. The number of fused-ring (bicyclic) bond motifs is 1. The van der Waals surface area contributed by atoms with Crippen molar-refractivity contribution in [2.24, 2.45) is 0 Å². The number of nitrogens with one attached hydrogen (secondary N) is 1. The number of hydrogen-bond acceptors (Lipinski definition) is 4. The van der Waals surface area contributed by atoms with Crippen LogP contribution in [0.4, 0.5) is 0 Å². The van der Waals surface area contributed by atoms with Crippen molar-refractivity contribution in [3.63, 3.8) is 0 Å². The number of methoxy groups -OCH3 is 1. The van der Waals surface area contributed by atoms with Crippen molar-refractivity contribution >= 4 is 28.5 Å². The summed E-state index contributed by atoms with van der Waals surface area (Å²) in [4.78, 5) is 27.5. The van der Waals surface area contributed by atoms with E-state index >= 15 is 0 Å². The van der Waals surface area contributed by atoms with Crippen LogP contribution in [0.15, 0.2) is 41.2 Å². The van der Waals surface area contributed by atoms with Crippen molar-refractivity contribution in [3.05, 3.63) is 74.0 Å². The van der Waals surface area contributed by atoms with Gasteiger partial charge in [0.25, 0.3) is 5.56 Å². The molecule has 3 rings (SSSR count). The largest absolute Gasteiger partial charge is 0.497 e. The summed E-state index contributed by atoms with van der Waals surface area (Å²) in [6.07, 6.45) is 0.579. The molecular formula is C21H20ClNO4. The number of benzene rings is 2. The van der Waals surface area contributed by atoms with Gasteiger partial charge in [0.15, 0.2) is 0 Å². The third kappa shape index (κ3) is 3.83. The summed E-state index contributed by atoms with van der Waals surface area (Å²) in [5.74, 6) is 0.146. The monoisotopic (exact) mass is 385 g/mol. The SMILES string of the molecule is CCOC(=O)c1c(C)c2cc(Cl)cc(Cc3ccc(OC)cc3)c2[nH]c1=O. The Labute approximate surface area is 161 Å². The maximum Gasteiger partial charge on any atom is 0.344 e. The minimum Gasteiger partial charge on any atom is -0.497 e. The first-order valence-electron chi connectivity index (χ1n) is 8.59. The zero-order valence-corrected chi connectivity index (χ0v) is 16.1. The fourth-order valence-electron chi connectivity index (χ4n) is 3.14. The third-order valence-corrected chi connectivity index (χ3v) is 4.68. The Hall–Kier alpha value is -2.79. The molecule has 0 amide bonds. The van der Waals surface area contributed by atoms with Crippen molar-refractivity contribution in [2.45, 2.75) is 20.3 Å². The number of aromatic nitrogens is 1. The Morgan fingerprint density at radius 1 is 1.19 bits per heavy atom. The van der Waals surface area contributed by atoms with Gasteiger partial charge in [-0.25, -0.2) is 4.79 Å². The van der Waals surface area contributed by atoms with E-state index < -0.39 is 11.5 Å². The molecule has 1 heterocycles. The number of H-pyrrole nitrogens is 1. The van der Waals surface area contributed by atoms with Gasteiger partial charge in [0, 0.05) is 10.4 Å². The van der Waals surface area contributed by atoms with Crippen LogP contribution < -0.4 is 10.3 Å². The summed E-state index contributed by atoms with van der Waals surface area (Å²) < 4.78 is 10.2. The number of carbonyl (C=O) groups is 1. The summed E-state index contributed by atoms with van der Waals surface area (Å²) in [6.45, 7) is 3.64. The molecule has 5 nitrogen and oxygen atoms in total. The fourth-order valence-corrected chi connectivity index (χ4v) is 3.38. The molecule has 0 atom stereocenters. The van der Waals surface area contributed by atoms with Crippen LogP contribution in [0.5, 0.6) is 5.75 Å². The molecule has 0 spiro atoms. The minimum atomic E-state index is -0.630. The standard InChI is InChI=1S/C21H20ClNO4/c1-4-27-21(25)18-12(2)17-11-15(22)10-14(19(17)23-20(18)24)9-13-5-7-16(26-3)8-6-13/h5-8,10-11H,4,9H2,1-3H3,(H,23,24). The summed E-state index contributed by atoms with van der Waals surface area (Å²) in [7, 11) is 1.62. The molecule has 0 bridgehead atoms. The van der Waals surface area contributed by atoms with Gasteiger partial charge < -0.3 is 14.5 Å². The number of hydrogen-bond donors (Lipinski definition) is 1. The van der Waals surface area contributed by atoms with Crippen molar-refractivity contribution in [2.75, 3.05) is 13.7 Å². The minimum absolute atomic E-state index is 0.0158. The molecule has 0 aliphatic carbocycles. The van der Waals surface area contributed by atoms with Gasteiger partial charge in [0.2, 0.25) is 0 Å². The lowest BCUT2D eigenvalue weighted by molar-refractivity contribution is 0.0523. The smallest absolute Gasteiger partial charge is 0.344 e. The summed E-state index contributed by atoms with van der Waals surface area (Å²) in [6, 6.07) is 11.3. The predicted molar refractivity (Wildman–Crippen MR) is 106 cm³/mol. The highest BCUT2D eigenvalue weighted by Crippen LogP contribution is 2.28. The van der Waals surface area contributed by atoms with Gasteiger partial charge in [0.05, 0.1) is 19.2 Å². The zero-order chi connectivity index (χ0) is 19.6. The molecule has 0 unspecified atom stereocenters.